The number of aryl methyl sites for hydroxylation is 1. The molecule has 4 rings (SSSR count). The van der Waals surface area contributed by atoms with Crippen LogP contribution in [0.15, 0.2) is 36.4 Å². The molecular formula is C27H31FN4O3. The molecule has 1 unspecified atom stereocenters. The smallest absolute Gasteiger partial charge is 0.330 e. The molecule has 1 aliphatic rings. The molecule has 0 bridgehead atoms. The van der Waals surface area contributed by atoms with E-state index in [0.717, 1.165) is 37.9 Å². The number of rotatable bonds is 6. The maximum Gasteiger partial charge on any atom is 0.330 e. The van der Waals surface area contributed by atoms with Gasteiger partial charge in [0.05, 0.1) is 12.3 Å². The van der Waals surface area contributed by atoms with Gasteiger partial charge in [-0.1, -0.05) is 25.8 Å². The third kappa shape index (κ3) is 5.42. The van der Waals surface area contributed by atoms with E-state index in [1.165, 1.54) is 18.2 Å². The Labute approximate surface area is 204 Å². The summed E-state index contributed by atoms with van der Waals surface area (Å²) in [6, 6.07) is 8.36. The van der Waals surface area contributed by atoms with Crippen molar-refractivity contribution in [2.45, 2.75) is 58.9 Å². The summed E-state index contributed by atoms with van der Waals surface area (Å²) in [5, 5.41) is 4.58. The van der Waals surface area contributed by atoms with Gasteiger partial charge in [0.15, 0.2) is 5.65 Å². The Balaban J connectivity index is 1.65. The number of nitrogens with zero attached hydrogens (tertiary/aromatic N) is 4. The van der Waals surface area contributed by atoms with Crippen LogP contribution in [0.2, 0.25) is 0 Å². The Bertz CT molecular complexity index is 1270. The molecule has 0 radical (unpaired) electrons. The number of fused-ring (bicyclic) bond motifs is 1. The number of hydrogen-bond donors (Lipinski definition) is 0. The van der Waals surface area contributed by atoms with Crippen molar-refractivity contribution in [2.24, 2.45) is 0 Å². The zero-order valence-corrected chi connectivity index (χ0v) is 20.5. The predicted octanol–water partition coefficient (Wildman–Crippen LogP) is 5.08. The van der Waals surface area contributed by atoms with Crippen LogP contribution in [0.1, 0.15) is 68.2 Å². The molecule has 0 aliphatic carbocycles. The van der Waals surface area contributed by atoms with Crippen molar-refractivity contribution in [1.29, 1.82) is 0 Å². The number of likely N-dealkylation sites (tertiary alicyclic amines) is 1. The van der Waals surface area contributed by atoms with E-state index in [-0.39, 0.29) is 18.6 Å². The zero-order chi connectivity index (χ0) is 24.9. The van der Waals surface area contributed by atoms with E-state index in [2.05, 4.69) is 17.0 Å². The lowest BCUT2D eigenvalue weighted by Gasteiger charge is -2.27. The molecule has 0 saturated carbocycles. The highest BCUT2D eigenvalue weighted by Gasteiger charge is 2.25. The van der Waals surface area contributed by atoms with Gasteiger partial charge in [-0.3, -0.25) is 4.79 Å². The molecule has 1 amide bonds. The molecule has 35 heavy (non-hydrogen) atoms. The first-order valence-corrected chi connectivity index (χ1v) is 12.3. The Kier molecular flexibility index (Phi) is 7.58. The van der Waals surface area contributed by atoms with E-state index in [9.17, 15) is 14.0 Å². The summed E-state index contributed by atoms with van der Waals surface area (Å²) in [7, 11) is 0. The molecule has 0 N–H and O–H groups in total. The Morgan fingerprint density at radius 2 is 2.00 bits per heavy atom. The number of halogens is 1. The fourth-order valence-electron chi connectivity index (χ4n) is 4.45. The fraction of sp³-hybridized carbons (Fsp3) is 0.407. The van der Waals surface area contributed by atoms with E-state index in [1.807, 2.05) is 11.8 Å². The predicted molar refractivity (Wildman–Crippen MR) is 132 cm³/mol. The highest BCUT2D eigenvalue weighted by molar-refractivity contribution is 5.93. The first kappa shape index (κ1) is 24.6. The molecule has 1 aliphatic heterocycles. The molecule has 1 aromatic carbocycles. The van der Waals surface area contributed by atoms with Gasteiger partial charge in [0.2, 0.25) is 0 Å². The number of esters is 1. The number of carbonyl (C=O) groups excluding carboxylic acids is 2. The van der Waals surface area contributed by atoms with Crippen molar-refractivity contribution in [1.82, 2.24) is 19.5 Å². The summed E-state index contributed by atoms with van der Waals surface area (Å²) in [4.78, 5) is 31.4. The third-order valence-corrected chi connectivity index (χ3v) is 6.36. The number of aromatic nitrogens is 3. The summed E-state index contributed by atoms with van der Waals surface area (Å²) in [5.74, 6) is -1.01. The largest absolute Gasteiger partial charge is 0.463 e. The average molecular weight is 479 g/mol. The van der Waals surface area contributed by atoms with Crippen LogP contribution in [0.4, 0.5) is 4.39 Å². The summed E-state index contributed by atoms with van der Waals surface area (Å²) < 4.78 is 21.5. The number of hydrogen-bond acceptors (Lipinski definition) is 5. The second kappa shape index (κ2) is 10.8. The van der Waals surface area contributed by atoms with Crippen LogP contribution in [-0.4, -0.2) is 50.6 Å². The van der Waals surface area contributed by atoms with Crippen molar-refractivity contribution in [2.75, 3.05) is 13.2 Å². The van der Waals surface area contributed by atoms with Gasteiger partial charge in [0, 0.05) is 36.0 Å². The van der Waals surface area contributed by atoms with Crippen molar-refractivity contribution in [3.05, 3.63) is 59.2 Å². The number of benzene rings is 1. The minimum Gasteiger partial charge on any atom is -0.463 e. The van der Waals surface area contributed by atoms with E-state index in [1.54, 1.807) is 35.7 Å². The maximum atomic E-state index is 15.0. The number of amides is 1. The molecule has 3 aromatic rings. The lowest BCUT2D eigenvalue weighted by molar-refractivity contribution is -0.137. The molecule has 1 atom stereocenters. The Morgan fingerprint density at radius 3 is 2.74 bits per heavy atom. The van der Waals surface area contributed by atoms with Crippen LogP contribution in [0, 0.1) is 5.82 Å². The topological polar surface area (TPSA) is 76.8 Å². The Hall–Kier alpha value is -3.55. The molecule has 2 aromatic heterocycles. The van der Waals surface area contributed by atoms with Gasteiger partial charge in [-0.05, 0) is 62.9 Å². The maximum absolute atomic E-state index is 15.0. The minimum atomic E-state index is -0.476. The standard InChI is InChI=1S/C27H31FN4O3/c1-4-20-16-24(27(34)31-14-8-6-7-9-18(31)3)29-25-17-23(30-32(20)25)21-12-10-19(15-22(21)28)11-13-26(33)35-5-2/h10-13,15-18H,4-9,14H2,1-3H3/b13-11+. The number of ether oxygens (including phenoxy) is 1. The van der Waals surface area contributed by atoms with Crippen LogP contribution < -0.4 is 0 Å². The lowest BCUT2D eigenvalue weighted by atomic mass is 10.1. The van der Waals surface area contributed by atoms with Gasteiger partial charge < -0.3 is 9.64 Å². The highest BCUT2D eigenvalue weighted by Crippen LogP contribution is 2.26. The SMILES string of the molecule is CCOC(=O)/C=C/c1ccc(-c2cc3nc(C(=O)N4CCCCCC4C)cc(CC)n3n2)c(F)c1. The van der Waals surface area contributed by atoms with Crippen LogP contribution in [0.25, 0.3) is 23.0 Å². The molecule has 7 nitrogen and oxygen atoms in total. The van der Waals surface area contributed by atoms with Gasteiger partial charge in [0.25, 0.3) is 5.91 Å². The van der Waals surface area contributed by atoms with Gasteiger partial charge in [-0.2, -0.15) is 5.10 Å². The van der Waals surface area contributed by atoms with Crippen molar-refractivity contribution < 1.29 is 18.7 Å². The minimum absolute atomic E-state index is 0.0664. The molecule has 0 spiro atoms. The lowest BCUT2D eigenvalue weighted by Crippen LogP contribution is -2.38. The van der Waals surface area contributed by atoms with E-state index >= 15 is 0 Å². The summed E-state index contributed by atoms with van der Waals surface area (Å²) in [5.41, 5.74) is 3.03. The Morgan fingerprint density at radius 1 is 1.17 bits per heavy atom. The van der Waals surface area contributed by atoms with E-state index in [0.29, 0.717) is 34.6 Å². The normalized spacial score (nSPS) is 16.6. The highest BCUT2D eigenvalue weighted by atomic mass is 19.1. The quantitative estimate of drug-likeness (QED) is 0.365. The van der Waals surface area contributed by atoms with Gasteiger partial charge in [-0.15, -0.1) is 0 Å². The first-order chi connectivity index (χ1) is 16.9. The van der Waals surface area contributed by atoms with Crippen molar-refractivity contribution in [3.8, 4) is 11.3 Å². The zero-order valence-electron chi connectivity index (χ0n) is 20.5. The first-order valence-electron chi connectivity index (χ1n) is 12.3. The second-order valence-electron chi connectivity index (χ2n) is 8.81. The molecule has 3 heterocycles. The van der Waals surface area contributed by atoms with Crippen LogP contribution in [0.3, 0.4) is 0 Å². The monoisotopic (exact) mass is 478 g/mol. The van der Waals surface area contributed by atoms with E-state index < -0.39 is 11.8 Å². The van der Waals surface area contributed by atoms with E-state index in [4.69, 9.17) is 4.74 Å². The summed E-state index contributed by atoms with van der Waals surface area (Å²) in [6.07, 6.45) is 7.69. The van der Waals surface area contributed by atoms with Crippen LogP contribution >= 0.6 is 0 Å². The second-order valence-corrected chi connectivity index (χ2v) is 8.81. The van der Waals surface area contributed by atoms with Gasteiger partial charge in [0.1, 0.15) is 11.5 Å². The summed E-state index contributed by atoms with van der Waals surface area (Å²) >= 11 is 0. The van der Waals surface area contributed by atoms with Crippen LogP contribution in [-0.2, 0) is 16.0 Å². The van der Waals surface area contributed by atoms with Crippen molar-refractivity contribution in [3.63, 3.8) is 0 Å². The molecule has 1 fully saturated rings. The van der Waals surface area contributed by atoms with Crippen LogP contribution in [0.5, 0.6) is 0 Å². The van der Waals surface area contributed by atoms with Gasteiger partial charge >= 0.3 is 5.97 Å². The fourth-order valence-corrected chi connectivity index (χ4v) is 4.45. The molecular weight excluding hydrogens is 447 g/mol. The number of carbonyl (C=O) groups is 2. The molecule has 184 valence electrons. The van der Waals surface area contributed by atoms with Crippen molar-refractivity contribution >= 4 is 23.6 Å². The third-order valence-electron chi connectivity index (χ3n) is 6.36. The average Bonchev–Trinajstić information content (AvgIpc) is 3.16. The molecule has 1 saturated heterocycles. The summed E-state index contributed by atoms with van der Waals surface area (Å²) in [6.45, 7) is 6.82. The molecule has 8 heteroatoms. The van der Waals surface area contributed by atoms with Gasteiger partial charge in [-0.25, -0.2) is 18.7 Å².